The molecule has 1 aromatic carbocycles. The second-order valence-electron chi connectivity index (χ2n) is 3.88. The van der Waals surface area contributed by atoms with Gasteiger partial charge in [0.1, 0.15) is 0 Å². The number of anilines is 1. The van der Waals surface area contributed by atoms with Gasteiger partial charge in [-0.2, -0.15) is 12.6 Å². The first-order valence-corrected chi connectivity index (χ1v) is 5.73. The smallest absolute Gasteiger partial charge is 0.265 e. The number of carbonyl (C=O) groups is 2. The van der Waals surface area contributed by atoms with Crippen LogP contribution in [-0.2, 0) is 4.79 Å². The molecule has 1 aliphatic heterocycles. The predicted molar refractivity (Wildman–Crippen MR) is 67.8 cm³/mol. The normalized spacial score (nSPS) is 19.5. The van der Waals surface area contributed by atoms with E-state index in [0.717, 1.165) is 5.69 Å². The van der Waals surface area contributed by atoms with Crippen LogP contribution in [0.5, 0.6) is 0 Å². The highest BCUT2D eigenvalue weighted by Crippen LogP contribution is 2.24. The lowest BCUT2D eigenvalue weighted by atomic mass is 10.2. The first-order chi connectivity index (χ1) is 8.11. The zero-order chi connectivity index (χ0) is 12.4. The number of amides is 2. The molecule has 0 radical (unpaired) electrons. The van der Waals surface area contributed by atoms with Crippen molar-refractivity contribution in [1.29, 1.82) is 0 Å². The van der Waals surface area contributed by atoms with Crippen LogP contribution in [0.2, 0.25) is 0 Å². The summed E-state index contributed by atoms with van der Waals surface area (Å²) < 4.78 is 0. The van der Waals surface area contributed by atoms with E-state index in [2.05, 4.69) is 18.1 Å². The summed E-state index contributed by atoms with van der Waals surface area (Å²) in [6.45, 7) is 0.602. The van der Waals surface area contributed by atoms with Gasteiger partial charge in [0.2, 0.25) is 5.91 Å². The maximum Gasteiger partial charge on any atom is 0.265 e. The van der Waals surface area contributed by atoms with E-state index in [-0.39, 0.29) is 17.1 Å². The van der Waals surface area contributed by atoms with Gasteiger partial charge < -0.3 is 4.90 Å². The van der Waals surface area contributed by atoms with Crippen molar-refractivity contribution in [2.75, 3.05) is 11.4 Å². The summed E-state index contributed by atoms with van der Waals surface area (Å²) in [7, 11) is 0. The fraction of sp³-hybridized carbons (Fsp3) is 0.273. The van der Waals surface area contributed by atoms with E-state index in [1.54, 1.807) is 29.2 Å². The van der Waals surface area contributed by atoms with E-state index in [0.29, 0.717) is 18.5 Å². The van der Waals surface area contributed by atoms with Gasteiger partial charge in [0, 0.05) is 29.5 Å². The molecular weight excluding hydrogens is 238 g/mol. The minimum atomic E-state index is -0.351. The van der Waals surface area contributed by atoms with Crippen molar-refractivity contribution in [2.45, 2.75) is 11.7 Å². The molecule has 17 heavy (non-hydrogen) atoms. The molecular formula is C11H13N3O2S. The Morgan fingerprint density at radius 3 is 2.53 bits per heavy atom. The summed E-state index contributed by atoms with van der Waals surface area (Å²) in [5.74, 6) is 4.74. The number of nitrogens with two attached hydrogens (primary N) is 1. The summed E-state index contributed by atoms with van der Waals surface area (Å²) in [5, 5.41) is 0.0783. The molecule has 0 aromatic heterocycles. The van der Waals surface area contributed by atoms with E-state index in [1.807, 2.05) is 0 Å². The standard InChI is InChI=1S/C11H13N3O2S/c12-13-11(16)7-1-3-8(4-2-7)14-6-9(17)5-10(14)15/h1-4,9,17H,5-6,12H2,(H,13,16). The second kappa shape index (κ2) is 4.77. The van der Waals surface area contributed by atoms with Gasteiger partial charge in [0.15, 0.2) is 0 Å². The molecule has 2 amide bonds. The van der Waals surface area contributed by atoms with Crippen molar-refractivity contribution < 1.29 is 9.59 Å². The van der Waals surface area contributed by atoms with Crippen molar-refractivity contribution in [2.24, 2.45) is 5.84 Å². The third-order valence-corrected chi connectivity index (χ3v) is 3.02. The van der Waals surface area contributed by atoms with E-state index < -0.39 is 0 Å². The van der Waals surface area contributed by atoms with E-state index in [1.165, 1.54) is 0 Å². The summed E-state index contributed by atoms with van der Waals surface area (Å²) in [5.41, 5.74) is 3.30. The number of thiol groups is 1. The molecule has 1 heterocycles. The highest BCUT2D eigenvalue weighted by atomic mass is 32.1. The molecule has 1 saturated heterocycles. The van der Waals surface area contributed by atoms with Gasteiger partial charge in [-0.1, -0.05) is 0 Å². The van der Waals surface area contributed by atoms with E-state index >= 15 is 0 Å². The molecule has 1 aromatic rings. The number of hydrazine groups is 1. The van der Waals surface area contributed by atoms with Crippen LogP contribution < -0.4 is 16.2 Å². The Labute approximate surface area is 104 Å². The van der Waals surface area contributed by atoms with Crippen molar-refractivity contribution in [1.82, 2.24) is 5.43 Å². The maximum absolute atomic E-state index is 11.6. The SMILES string of the molecule is NNC(=O)c1ccc(N2CC(S)CC2=O)cc1. The van der Waals surface area contributed by atoms with E-state index in [9.17, 15) is 9.59 Å². The van der Waals surface area contributed by atoms with Crippen molar-refractivity contribution in [3.63, 3.8) is 0 Å². The number of nitrogens with one attached hydrogen (secondary N) is 1. The van der Waals surface area contributed by atoms with Gasteiger partial charge in [0.05, 0.1) is 0 Å². The van der Waals surface area contributed by atoms with Crippen LogP contribution in [0.3, 0.4) is 0 Å². The molecule has 0 bridgehead atoms. The molecule has 3 N–H and O–H groups in total. The largest absolute Gasteiger partial charge is 0.311 e. The lowest BCUT2D eigenvalue weighted by molar-refractivity contribution is -0.117. The van der Waals surface area contributed by atoms with Gasteiger partial charge >= 0.3 is 0 Å². The third kappa shape index (κ3) is 2.42. The Bertz CT molecular complexity index is 447. The molecule has 2 rings (SSSR count). The third-order valence-electron chi connectivity index (χ3n) is 2.68. The highest BCUT2D eigenvalue weighted by Gasteiger charge is 2.28. The van der Waals surface area contributed by atoms with Crippen LogP contribution in [0.4, 0.5) is 5.69 Å². The average molecular weight is 251 g/mol. The van der Waals surface area contributed by atoms with Gasteiger partial charge in [-0.15, -0.1) is 0 Å². The van der Waals surface area contributed by atoms with Crippen LogP contribution in [0.15, 0.2) is 24.3 Å². The number of hydrogen-bond donors (Lipinski definition) is 3. The molecule has 5 nitrogen and oxygen atoms in total. The first-order valence-electron chi connectivity index (χ1n) is 5.21. The fourth-order valence-corrected chi connectivity index (χ4v) is 2.13. The number of rotatable bonds is 2. The van der Waals surface area contributed by atoms with Crippen LogP contribution in [-0.4, -0.2) is 23.6 Å². The summed E-state index contributed by atoms with van der Waals surface area (Å²) >= 11 is 4.29. The monoisotopic (exact) mass is 251 g/mol. The lowest BCUT2D eigenvalue weighted by Gasteiger charge is -2.16. The zero-order valence-corrected chi connectivity index (χ0v) is 9.98. The number of nitrogens with zero attached hydrogens (tertiary/aromatic N) is 1. The van der Waals surface area contributed by atoms with Crippen LogP contribution >= 0.6 is 12.6 Å². The summed E-state index contributed by atoms with van der Waals surface area (Å²) in [6, 6.07) is 6.73. The fourth-order valence-electron chi connectivity index (χ4n) is 1.81. The molecule has 1 atom stereocenters. The topological polar surface area (TPSA) is 75.4 Å². The molecule has 0 aliphatic carbocycles. The minimum Gasteiger partial charge on any atom is -0.311 e. The molecule has 0 saturated carbocycles. The average Bonchev–Trinajstić information content (AvgIpc) is 2.68. The Hall–Kier alpha value is -1.53. The molecule has 1 aliphatic rings. The maximum atomic E-state index is 11.6. The number of hydrogen-bond acceptors (Lipinski definition) is 4. The van der Waals surface area contributed by atoms with E-state index in [4.69, 9.17) is 5.84 Å². The number of carbonyl (C=O) groups excluding carboxylic acids is 2. The second-order valence-corrected chi connectivity index (χ2v) is 4.61. The van der Waals surface area contributed by atoms with Gasteiger partial charge in [-0.25, -0.2) is 5.84 Å². The lowest BCUT2D eigenvalue weighted by Crippen LogP contribution is -2.30. The van der Waals surface area contributed by atoms with Crippen molar-refractivity contribution in [3.05, 3.63) is 29.8 Å². The highest BCUT2D eigenvalue weighted by molar-refractivity contribution is 7.81. The Morgan fingerprint density at radius 2 is 2.06 bits per heavy atom. The number of nitrogen functional groups attached to an aromatic ring is 1. The predicted octanol–water partition coefficient (Wildman–Crippen LogP) is 0.325. The van der Waals surface area contributed by atoms with Crippen LogP contribution in [0.1, 0.15) is 16.8 Å². The molecule has 1 fully saturated rings. The van der Waals surface area contributed by atoms with Crippen molar-refractivity contribution >= 4 is 30.1 Å². The zero-order valence-electron chi connectivity index (χ0n) is 9.09. The van der Waals surface area contributed by atoms with Gasteiger partial charge in [0.25, 0.3) is 5.91 Å². The first kappa shape index (κ1) is 11.9. The number of benzene rings is 1. The molecule has 0 spiro atoms. The van der Waals surface area contributed by atoms with Gasteiger partial charge in [-0.3, -0.25) is 15.0 Å². The quantitative estimate of drug-likeness (QED) is 0.307. The molecule has 1 unspecified atom stereocenters. The van der Waals surface area contributed by atoms with Gasteiger partial charge in [-0.05, 0) is 24.3 Å². The van der Waals surface area contributed by atoms with Crippen LogP contribution in [0, 0.1) is 0 Å². The summed E-state index contributed by atoms with van der Waals surface area (Å²) in [6.07, 6.45) is 0.453. The minimum absolute atomic E-state index is 0.0565. The summed E-state index contributed by atoms with van der Waals surface area (Å²) in [4.78, 5) is 24.5. The molecule has 6 heteroatoms. The van der Waals surface area contributed by atoms with Crippen LogP contribution in [0.25, 0.3) is 0 Å². The Morgan fingerprint density at radius 1 is 1.41 bits per heavy atom. The van der Waals surface area contributed by atoms with Crippen molar-refractivity contribution in [3.8, 4) is 0 Å². The molecule has 90 valence electrons. The Balaban J connectivity index is 2.18. The Kier molecular flexibility index (Phi) is 3.35.